The van der Waals surface area contributed by atoms with Crippen LogP contribution < -0.4 is 0 Å². The molecule has 112 valence electrons. The molecule has 0 aromatic heterocycles. The molecule has 0 heterocycles. The van der Waals surface area contributed by atoms with Crippen molar-refractivity contribution in [2.45, 2.75) is 30.3 Å². The van der Waals surface area contributed by atoms with Crippen molar-refractivity contribution in [3.63, 3.8) is 0 Å². The Morgan fingerprint density at radius 3 is 2.30 bits per heavy atom. The fourth-order valence-electron chi connectivity index (χ4n) is 1.65. The molecule has 1 aromatic carbocycles. The largest absolute Gasteiger partial charge is 0.481 e. The van der Waals surface area contributed by atoms with Crippen molar-refractivity contribution in [1.82, 2.24) is 0 Å². The highest BCUT2D eigenvalue weighted by molar-refractivity contribution is 7.91. The van der Waals surface area contributed by atoms with Gasteiger partial charge in [-0.1, -0.05) is 12.1 Å². The SMILES string of the molecule is O=C(O)CCCCS(=O)(=O)c1ccccc1C(F)(F)F. The van der Waals surface area contributed by atoms with Gasteiger partial charge in [-0.05, 0) is 25.0 Å². The Balaban J connectivity index is 2.91. The van der Waals surface area contributed by atoms with Crippen molar-refractivity contribution < 1.29 is 31.5 Å². The Morgan fingerprint density at radius 1 is 1.15 bits per heavy atom. The first-order chi connectivity index (χ1) is 9.14. The molecule has 0 atom stereocenters. The van der Waals surface area contributed by atoms with E-state index in [1.165, 1.54) is 6.07 Å². The van der Waals surface area contributed by atoms with Gasteiger partial charge < -0.3 is 5.11 Å². The summed E-state index contributed by atoms with van der Waals surface area (Å²) in [5.41, 5.74) is -1.20. The minimum atomic E-state index is -4.75. The maximum atomic E-state index is 12.7. The summed E-state index contributed by atoms with van der Waals surface area (Å²) >= 11 is 0. The van der Waals surface area contributed by atoms with Gasteiger partial charge in [0.2, 0.25) is 0 Å². The maximum Gasteiger partial charge on any atom is 0.417 e. The Hall–Kier alpha value is -1.57. The number of carboxylic acids is 1. The molecule has 0 bridgehead atoms. The van der Waals surface area contributed by atoms with Gasteiger partial charge in [-0.3, -0.25) is 4.79 Å². The van der Waals surface area contributed by atoms with E-state index in [4.69, 9.17) is 5.11 Å². The molecular formula is C12H13F3O4S. The fraction of sp³-hybridized carbons (Fsp3) is 0.417. The number of hydrogen-bond donors (Lipinski definition) is 1. The molecule has 0 spiro atoms. The van der Waals surface area contributed by atoms with Gasteiger partial charge in [-0.25, -0.2) is 8.42 Å². The van der Waals surface area contributed by atoms with E-state index in [1.807, 2.05) is 0 Å². The molecule has 0 radical (unpaired) electrons. The number of rotatable bonds is 6. The maximum absolute atomic E-state index is 12.7. The standard InChI is InChI=1S/C12H13F3O4S/c13-12(14,15)9-5-1-2-6-10(9)20(18,19)8-4-3-7-11(16)17/h1-2,5-6H,3-4,7-8H2,(H,16,17). The van der Waals surface area contributed by atoms with E-state index < -0.39 is 38.2 Å². The minimum absolute atomic E-state index is 0.000818. The summed E-state index contributed by atoms with van der Waals surface area (Å²) in [5.74, 6) is -1.58. The molecule has 0 saturated carbocycles. The zero-order valence-electron chi connectivity index (χ0n) is 10.4. The molecule has 0 fully saturated rings. The lowest BCUT2D eigenvalue weighted by Gasteiger charge is -2.12. The first kappa shape index (κ1) is 16.5. The van der Waals surface area contributed by atoms with Crippen LogP contribution in [0.4, 0.5) is 13.2 Å². The molecule has 1 aromatic rings. The highest BCUT2D eigenvalue weighted by Crippen LogP contribution is 2.34. The Kier molecular flexibility index (Phi) is 5.15. The van der Waals surface area contributed by atoms with Crippen molar-refractivity contribution in [2.75, 3.05) is 5.75 Å². The third-order valence-corrected chi connectivity index (χ3v) is 4.43. The van der Waals surface area contributed by atoms with Crippen molar-refractivity contribution >= 4 is 15.8 Å². The molecular weight excluding hydrogens is 297 g/mol. The lowest BCUT2D eigenvalue weighted by molar-refractivity contribution is -0.140. The number of carbonyl (C=O) groups is 1. The van der Waals surface area contributed by atoms with E-state index in [-0.39, 0.29) is 19.3 Å². The van der Waals surface area contributed by atoms with E-state index in [2.05, 4.69) is 0 Å². The van der Waals surface area contributed by atoms with Gasteiger partial charge in [-0.15, -0.1) is 0 Å². The van der Waals surface area contributed by atoms with E-state index in [0.717, 1.165) is 12.1 Å². The van der Waals surface area contributed by atoms with E-state index in [1.54, 1.807) is 0 Å². The number of sulfone groups is 1. The summed E-state index contributed by atoms with van der Waals surface area (Å²) in [6.07, 6.45) is -4.86. The van der Waals surface area contributed by atoms with Gasteiger partial charge in [0.1, 0.15) is 0 Å². The number of aliphatic carboxylic acids is 1. The average Bonchev–Trinajstić information content (AvgIpc) is 2.33. The van der Waals surface area contributed by atoms with Crippen molar-refractivity contribution in [3.05, 3.63) is 29.8 Å². The smallest absolute Gasteiger partial charge is 0.417 e. The Labute approximate surface area is 114 Å². The molecule has 8 heteroatoms. The zero-order chi connectivity index (χ0) is 15.4. The summed E-state index contributed by atoms with van der Waals surface area (Å²) in [4.78, 5) is 9.52. The van der Waals surface area contributed by atoms with Crippen molar-refractivity contribution in [2.24, 2.45) is 0 Å². The molecule has 4 nitrogen and oxygen atoms in total. The molecule has 0 aliphatic heterocycles. The molecule has 0 saturated heterocycles. The second kappa shape index (κ2) is 6.25. The molecule has 1 N–H and O–H groups in total. The number of benzene rings is 1. The van der Waals surface area contributed by atoms with Gasteiger partial charge in [0.05, 0.1) is 16.2 Å². The van der Waals surface area contributed by atoms with Crippen LogP contribution in [0.25, 0.3) is 0 Å². The highest BCUT2D eigenvalue weighted by atomic mass is 32.2. The molecule has 0 aliphatic rings. The van der Waals surface area contributed by atoms with Crippen molar-refractivity contribution in [1.29, 1.82) is 0 Å². The van der Waals surface area contributed by atoms with Crippen LogP contribution >= 0.6 is 0 Å². The average molecular weight is 310 g/mol. The van der Waals surface area contributed by atoms with Crippen LogP contribution in [0.2, 0.25) is 0 Å². The zero-order valence-corrected chi connectivity index (χ0v) is 11.2. The summed E-state index contributed by atoms with van der Waals surface area (Å²) in [6, 6.07) is 3.96. The summed E-state index contributed by atoms with van der Waals surface area (Å²) in [5, 5.41) is 8.41. The predicted octanol–water partition coefficient (Wildman–Crippen LogP) is 2.73. The van der Waals surface area contributed by atoms with Crippen LogP contribution in [0, 0.1) is 0 Å². The second-order valence-electron chi connectivity index (χ2n) is 4.16. The molecule has 0 aliphatic carbocycles. The van der Waals surface area contributed by atoms with E-state index in [0.29, 0.717) is 6.07 Å². The molecule has 0 amide bonds. The lowest BCUT2D eigenvalue weighted by Crippen LogP contribution is -2.15. The Morgan fingerprint density at radius 2 is 1.75 bits per heavy atom. The van der Waals surface area contributed by atoms with Crippen molar-refractivity contribution in [3.8, 4) is 0 Å². The first-order valence-electron chi connectivity index (χ1n) is 5.75. The van der Waals surface area contributed by atoms with Gasteiger partial charge in [0, 0.05) is 6.42 Å². The fourth-order valence-corrected chi connectivity index (χ4v) is 3.26. The summed E-state index contributed by atoms with van der Waals surface area (Å²) in [6.45, 7) is 0. The van der Waals surface area contributed by atoms with Gasteiger partial charge >= 0.3 is 12.1 Å². The number of hydrogen-bond acceptors (Lipinski definition) is 3. The van der Waals surface area contributed by atoms with Gasteiger partial charge in [0.25, 0.3) is 0 Å². The quantitative estimate of drug-likeness (QED) is 0.820. The number of unbranched alkanes of at least 4 members (excludes halogenated alkanes) is 1. The van der Waals surface area contributed by atoms with Crippen LogP contribution in [-0.2, 0) is 20.8 Å². The molecule has 20 heavy (non-hydrogen) atoms. The van der Waals surface area contributed by atoms with Crippen LogP contribution in [0.3, 0.4) is 0 Å². The monoisotopic (exact) mass is 310 g/mol. The van der Waals surface area contributed by atoms with Crippen LogP contribution in [0.5, 0.6) is 0 Å². The van der Waals surface area contributed by atoms with Crippen LogP contribution in [0.1, 0.15) is 24.8 Å². The van der Waals surface area contributed by atoms with E-state index in [9.17, 15) is 26.4 Å². The van der Waals surface area contributed by atoms with Gasteiger partial charge in [-0.2, -0.15) is 13.2 Å². The number of alkyl halides is 3. The Bertz CT molecular complexity index is 579. The van der Waals surface area contributed by atoms with Crippen LogP contribution in [-0.4, -0.2) is 25.2 Å². The first-order valence-corrected chi connectivity index (χ1v) is 7.40. The van der Waals surface area contributed by atoms with Crippen LogP contribution in [0.15, 0.2) is 29.2 Å². The lowest BCUT2D eigenvalue weighted by atomic mass is 10.2. The van der Waals surface area contributed by atoms with Gasteiger partial charge in [0.15, 0.2) is 9.84 Å². The molecule has 0 unspecified atom stereocenters. The second-order valence-corrected chi connectivity index (χ2v) is 6.24. The summed E-state index contributed by atoms with van der Waals surface area (Å²) < 4.78 is 62.0. The predicted molar refractivity (Wildman–Crippen MR) is 65.0 cm³/mol. The third kappa shape index (κ3) is 4.52. The molecule has 1 rings (SSSR count). The van der Waals surface area contributed by atoms with E-state index >= 15 is 0 Å². The minimum Gasteiger partial charge on any atom is -0.481 e. The topological polar surface area (TPSA) is 71.4 Å². The number of halogens is 3. The number of carboxylic acid groups (broad SMARTS) is 1. The summed E-state index contributed by atoms with van der Waals surface area (Å²) in [7, 11) is -4.08. The third-order valence-electron chi connectivity index (χ3n) is 2.58. The highest BCUT2D eigenvalue weighted by Gasteiger charge is 2.36. The normalized spacial score (nSPS) is 12.3.